The molecule has 0 amide bonds. The van der Waals surface area contributed by atoms with Gasteiger partial charge in [0.25, 0.3) is 0 Å². The Morgan fingerprint density at radius 3 is 2.46 bits per heavy atom. The smallest absolute Gasteiger partial charge is 0.243 e. The van der Waals surface area contributed by atoms with Gasteiger partial charge < -0.3 is 4.90 Å². The molecule has 0 aromatic heterocycles. The van der Waals surface area contributed by atoms with Crippen molar-refractivity contribution in [3.63, 3.8) is 0 Å². The van der Waals surface area contributed by atoms with Gasteiger partial charge >= 0.3 is 0 Å². The van der Waals surface area contributed by atoms with Gasteiger partial charge in [-0.05, 0) is 62.4 Å². The summed E-state index contributed by atoms with van der Waals surface area (Å²) in [6.45, 7) is 3.47. The summed E-state index contributed by atoms with van der Waals surface area (Å²) in [6.07, 6.45) is 4.53. The highest BCUT2D eigenvalue weighted by atomic mass is 32.2. The third-order valence-electron chi connectivity index (χ3n) is 4.72. The van der Waals surface area contributed by atoms with Crippen LogP contribution in [0, 0.1) is 5.82 Å². The Kier molecular flexibility index (Phi) is 6.18. The summed E-state index contributed by atoms with van der Waals surface area (Å²) in [7, 11) is -3.58. The summed E-state index contributed by atoms with van der Waals surface area (Å²) >= 11 is 1.84. The van der Waals surface area contributed by atoms with E-state index in [-0.39, 0.29) is 10.9 Å². The number of piperidine rings is 1. The van der Waals surface area contributed by atoms with Crippen LogP contribution < -0.4 is 0 Å². The highest BCUT2D eigenvalue weighted by molar-refractivity contribution is 7.99. The fraction of sp³-hybridized carbons (Fsp3) is 0.647. The summed E-state index contributed by atoms with van der Waals surface area (Å²) in [5.74, 6) is 1.41. The van der Waals surface area contributed by atoms with Gasteiger partial charge in [0.05, 0.1) is 4.90 Å². The molecule has 2 aliphatic rings. The Hall–Kier alpha value is -0.630. The molecular formula is C17H25FN2O2S2. The fourth-order valence-corrected chi connectivity index (χ4v) is 6.26. The number of halogens is 1. The van der Waals surface area contributed by atoms with Crippen LogP contribution in [-0.2, 0) is 10.0 Å². The van der Waals surface area contributed by atoms with Crippen LogP contribution in [-0.4, -0.2) is 61.3 Å². The van der Waals surface area contributed by atoms with Crippen LogP contribution in [0.1, 0.15) is 25.7 Å². The molecule has 0 aliphatic carbocycles. The Bertz CT molecular complexity index is 630. The van der Waals surface area contributed by atoms with E-state index in [1.807, 2.05) is 11.8 Å². The van der Waals surface area contributed by atoms with Crippen LogP contribution in [0.15, 0.2) is 29.2 Å². The lowest BCUT2D eigenvalue weighted by atomic mass is 10.1. The fourth-order valence-electron chi connectivity index (χ4n) is 3.45. The van der Waals surface area contributed by atoms with Crippen molar-refractivity contribution in [2.24, 2.45) is 0 Å². The molecule has 7 heteroatoms. The minimum atomic E-state index is -3.58. The molecule has 1 aromatic carbocycles. The monoisotopic (exact) mass is 372 g/mol. The summed E-state index contributed by atoms with van der Waals surface area (Å²) in [6, 6.07) is 5.19. The summed E-state index contributed by atoms with van der Waals surface area (Å²) < 4.78 is 41.0. The molecule has 2 heterocycles. The molecule has 0 N–H and O–H groups in total. The maximum atomic E-state index is 13.1. The molecule has 0 radical (unpaired) electrons. The number of likely N-dealkylation sites (tertiary alicyclic amines) is 1. The highest BCUT2D eigenvalue weighted by Crippen LogP contribution is 2.25. The molecule has 0 saturated carbocycles. The highest BCUT2D eigenvalue weighted by Gasteiger charge is 2.33. The Morgan fingerprint density at radius 2 is 1.75 bits per heavy atom. The maximum Gasteiger partial charge on any atom is 0.243 e. The number of hydrogen-bond donors (Lipinski definition) is 0. The van der Waals surface area contributed by atoms with E-state index in [1.165, 1.54) is 43.5 Å². The van der Waals surface area contributed by atoms with E-state index in [1.54, 1.807) is 4.31 Å². The van der Waals surface area contributed by atoms with Gasteiger partial charge in [0, 0.05) is 24.9 Å². The first-order chi connectivity index (χ1) is 11.6. The van der Waals surface area contributed by atoms with Crippen molar-refractivity contribution in [1.29, 1.82) is 0 Å². The van der Waals surface area contributed by atoms with Gasteiger partial charge in [0.1, 0.15) is 5.82 Å². The largest absolute Gasteiger partial charge is 0.302 e. The van der Waals surface area contributed by atoms with Crippen LogP contribution in [0.25, 0.3) is 0 Å². The van der Waals surface area contributed by atoms with Crippen LogP contribution in [0.2, 0.25) is 0 Å². The minimum absolute atomic E-state index is 0.00865. The lowest BCUT2D eigenvalue weighted by molar-refractivity contribution is 0.183. The first-order valence-electron chi connectivity index (χ1n) is 8.65. The van der Waals surface area contributed by atoms with E-state index in [4.69, 9.17) is 0 Å². The van der Waals surface area contributed by atoms with Crippen LogP contribution in [0.4, 0.5) is 4.39 Å². The van der Waals surface area contributed by atoms with Crippen molar-refractivity contribution in [1.82, 2.24) is 9.21 Å². The predicted octanol–water partition coefficient (Wildman–Crippen LogP) is 2.81. The molecule has 0 bridgehead atoms. The number of benzene rings is 1. The molecule has 3 rings (SSSR count). The molecule has 2 saturated heterocycles. The van der Waals surface area contributed by atoms with E-state index in [0.717, 1.165) is 37.6 Å². The van der Waals surface area contributed by atoms with E-state index in [9.17, 15) is 12.8 Å². The average molecular weight is 373 g/mol. The van der Waals surface area contributed by atoms with Crippen LogP contribution in [0.5, 0.6) is 0 Å². The first kappa shape index (κ1) is 18.2. The number of sulfonamides is 1. The Balaban J connectivity index is 1.81. The zero-order chi connectivity index (χ0) is 17.0. The van der Waals surface area contributed by atoms with Gasteiger partial charge in [-0.25, -0.2) is 12.8 Å². The van der Waals surface area contributed by atoms with Gasteiger partial charge in [0.15, 0.2) is 0 Å². The quantitative estimate of drug-likeness (QED) is 0.815. The minimum Gasteiger partial charge on any atom is -0.302 e. The molecule has 0 spiro atoms. The lowest BCUT2D eigenvalue weighted by Gasteiger charge is -2.35. The first-order valence-corrected chi connectivity index (χ1v) is 11.2. The van der Waals surface area contributed by atoms with Crippen molar-refractivity contribution in [2.45, 2.75) is 36.6 Å². The normalized spacial score (nSPS) is 24.6. The summed E-state index contributed by atoms with van der Waals surface area (Å²) in [4.78, 5) is 2.59. The molecule has 4 nitrogen and oxygen atoms in total. The van der Waals surface area contributed by atoms with Gasteiger partial charge in [-0.2, -0.15) is 16.1 Å². The van der Waals surface area contributed by atoms with Gasteiger partial charge in [-0.15, -0.1) is 0 Å². The van der Waals surface area contributed by atoms with Crippen LogP contribution >= 0.6 is 11.8 Å². The molecule has 2 fully saturated rings. The zero-order valence-electron chi connectivity index (χ0n) is 13.9. The van der Waals surface area contributed by atoms with Gasteiger partial charge in [0.2, 0.25) is 10.0 Å². The van der Waals surface area contributed by atoms with Gasteiger partial charge in [-0.3, -0.25) is 0 Å². The van der Waals surface area contributed by atoms with E-state index in [0.29, 0.717) is 6.54 Å². The lowest BCUT2D eigenvalue weighted by Crippen LogP contribution is -2.49. The number of rotatable bonds is 4. The second kappa shape index (κ2) is 8.17. The summed E-state index contributed by atoms with van der Waals surface area (Å²) in [5.41, 5.74) is 0. The average Bonchev–Trinajstić information content (AvgIpc) is 2.82. The molecular weight excluding hydrogens is 347 g/mol. The zero-order valence-corrected chi connectivity index (χ0v) is 15.5. The topological polar surface area (TPSA) is 40.6 Å². The Morgan fingerprint density at radius 1 is 1.04 bits per heavy atom. The standard InChI is InChI=1S/C17H25FN2O2S2/c18-15-5-7-17(8-6-15)24(21,22)20-11-4-12-23-14-16(20)13-19-9-2-1-3-10-19/h5-8,16H,1-4,9-14H2. The SMILES string of the molecule is O=S(=O)(c1ccc(F)cc1)N1CCCSCC1CN1CCCCC1. The number of thioether (sulfide) groups is 1. The van der Waals surface area contributed by atoms with Crippen molar-refractivity contribution < 1.29 is 12.8 Å². The number of hydrogen-bond acceptors (Lipinski definition) is 4. The summed E-state index contributed by atoms with van der Waals surface area (Å²) in [5, 5.41) is 0. The van der Waals surface area contributed by atoms with Crippen molar-refractivity contribution in [3.05, 3.63) is 30.1 Å². The molecule has 134 valence electrons. The van der Waals surface area contributed by atoms with E-state index < -0.39 is 15.8 Å². The van der Waals surface area contributed by atoms with Gasteiger partial charge in [-0.1, -0.05) is 6.42 Å². The van der Waals surface area contributed by atoms with Crippen LogP contribution in [0.3, 0.4) is 0 Å². The molecule has 24 heavy (non-hydrogen) atoms. The third kappa shape index (κ3) is 4.31. The number of nitrogens with zero attached hydrogens (tertiary/aromatic N) is 2. The van der Waals surface area contributed by atoms with Crippen molar-refractivity contribution in [3.8, 4) is 0 Å². The third-order valence-corrected chi connectivity index (χ3v) is 7.89. The maximum absolute atomic E-state index is 13.1. The molecule has 1 aromatic rings. The van der Waals surface area contributed by atoms with E-state index >= 15 is 0 Å². The van der Waals surface area contributed by atoms with Crippen molar-refractivity contribution >= 4 is 21.8 Å². The predicted molar refractivity (Wildman–Crippen MR) is 96.3 cm³/mol. The second-order valence-corrected chi connectivity index (χ2v) is 9.55. The molecule has 1 atom stereocenters. The van der Waals surface area contributed by atoms with E-state index in [2.05, 4.69) is 4.90 Å². The molecule has 2 aliphatic heterocycles. The van der Waals surface area contributed by atoms with Crippen molar-refractivity contribution in [2.75, 3.05) is 37.7 Å². The second-order valence-electron chi connectivity index (χ2n) is 6.51. The molecule has 1 unspecified atom stereocenters. The Labute approximate surface area is 148 Å².